The molecule has 0 aliphatic carbocycles. The van der Waals surface area contributed by atoms with Crippen molar-refractivity contribution in [2.45, 2.75) is 6.92 Å². The molecule has 2 aromatic heterocycles. The summed E-state index contributed by atoms with van der Waals surface area (Å²) < 4.78 is 1.12. The molecule has 0 atom stereocenters. The van der Waals surface area contributed by atoms with Crippen LogP contribution in [0.2, 0.25) is 0 Å². The predicted molar refractivity (Wildman–Crippen MR) is 114 cm³/mol. The number of carboxylic acid groups (broad SMARTS) is 1. The van der Waals surface area contributed by atoms with Crippen LogP contribution >= 0.6 is 0 Å². The molecule has 2 aromatic carbocycles. The number of benzene rings is 2. The molecule has 0 unspecified atom stereocenters. The second-order valence-corrected chi connectivity index (χ2v) is 6.64. The monoisotopic (exact) mass is 399 g/mol. The maximum Gasteiger partial charge on any atom is 0.337 e. The fourth-order valence-corrected chi connectivity index (χ4v) is 3.26. The minimum Gasteiger partial charge on any atom is -0.494 e. The average Bonchev–Trinajstić information content (AvgIpc) is 2.74. The molecule has 0 amide bonds. The minimum atomic E-state index is -1.11. The van der Waals surface area contributed by atoms with Crippen LogP contribution in [-0.4, -0.2) is 31.9 Å². The number of aromatic carboxylic acids is 1. The number of hydrogen-bond acceptors (Lipinski definition) is 5. The number of carboxylic acids is 1. The summed E-state index contributed by atoms with van der Waals surface area (Å²) in [6, 6.07) is 18.3. The highest BCUT2D eigenvalue weighted by Gasteiger charge is 2.17. The molecule has 0 spiro atoms. The van der Waals surface area contributed by atoms with Gasteiger partial charge in [0, 0.05) is 22.7 Å². The first kappa shape index (κ1) is 19.1. The van der Waals surface area contributed by atoms with Gasteiger partial charge in [0.1, 0.15) is 5.82 Å². The van der Waals surface area contributed by atoms with Crippen LogP contribution in [0.15, 0.2) is 76.5 Å². The second-order valence-electron chi connectivity index (χ2n) is 6.64. The highest BCUT2D eigenvalue weighted by atomic mass is 16.4. The number of hydrogen-bond donors (Lipinski definition) is 2. The molecule has 0 radical (unpaired) electrons. The lowest BCUT2D eigenvalue weighted by atomic mass is 10.1. The first-order chi connectivity index (χ1) is 14.5. The molecule has 7 heteroatoms. The number of aromatic hydroxyl groups is 1. The summed E-state index contributed by atoms with van der Waals surface area (Å²) in [4.78, 5) is 33.2. The van der Waals surface area contributed by atoms with Crippen LogP contribution in [0.4, 0.5) is 5.69 Å². The smallest absolute Gasteiger partial charge is 0.337 e. The van der Waals surface area contributed by atoms with E-state index >= 15 is 0 Å². The van der Waals surface area contributed by atoms with Crippen LogP contribution in [0.25, 0.3) is 16.6 Å². The third-order valence-electron chi connectivity index (χ3n) is 4.67. The van der Waals surface area contributed by atoms with Crippen molar-refractivity contribution >= 4 is 28.6 Å². The zero-order chi connectivity index (χ0) is 21.3. The molecule has 0 saturated carbocycles. The first-order valence-corrected chi connectivity index (χ1v) is 9.14. The maximum absolute atomic E-state index is 13.1. The van der Waals surface area contributed by atoms with Crippen molar-refractivity contribution in [1.82, 2.24) is 9.55 Å². The number of pyridine rings is 2. The molecule has 4 rings (SSSR count). The number of fused-ring (bicyclic) bond motifs is 1. The maximum atomic E-state index is 13.1. The van der Waals surface area contributed by atoms with E-state index in [9.17, 15) is 19.8 Å². The van der Waals surface area contributed by atoms with E-state index in [-0.39, 0.29) is 28.5 Å². The SMILES string of the molecule is Cc1cccc(-n2c(O)c(C=Nc3ccccc3C(=O)O)c3ccccc3c2=O)n1. The number of aliphatic imine (C=N–C) groups is 1. The molecule has 2 N–H and O–H groups in total. The molecular weight excluding hydrogens is 382 g/mol. The number of para-hydroxylation sites is 1. The molecule has 0 bridgehead atoms. The van der Waals surface area contributed by atoms with Gasteiger partial charge in [-0.25, -0.2) is 14.3 Å². The quantitative estimate of drug-likeness (QED) is 0.507. The van der Waals surface area contributed by atoms with Gasteiger partial charge in [0.25, 0.3) is 5.56 Å². The highest BCUT2D eigenvalue weighted by Crippen LogP contribution is 2.27. The van der Waals surface area contributed by atoms with E-state index in [0.29, 0.717) is 16.5 Å². The molecular formula is C23H17N3O4. The Hall–Kier alpha value is -4.26. The molecule has 0 fully saturated rings. The minimum absolute atomic E-state index is 0.0335. The van der Waals surface area contributed by atoms with Gasteiger partial charge in [-0.05, 0) is 37.3 Å². The summed E-state index contributed by atoms with van der Waals surface area (Å²) in [5.41, 5.74) is 0.835. The molecule has 0 aliphatic heterocycles. The molecule has 0 saturated heterocycles. The van der Waals surface area contributed by atoms with E-state index < -0.39 is 11.5 Å². The number of rotatable bonds is 4. The fraction of sp³-hybridized carbons (Fsp3) is 0.0435. The zero-order valence-corrected chi connectivity index (χ0v) is 16.0. The fourth-order valence-electron chi connectivity index (χ4n) is 3.26. The van der Waals surface area contributed by atoms with Crippen LogP contribution in [-0.2, 0) is 0 Å². The van der Waals surface area contributed by atoms with Crippen LogP contribution in [0.3, 0.4) is 0 Å². The number of carbonyl (C=O) groups is 1. The first-order valence-electron chi connectivity index (χ1n) is 9.14. The van der Waals surface area contributed by atoms with Crippen molar-refractivity contribution in [3.05, 3.63) is 93.9 Å². The molecule has 148 valence electrons. The summed E-state index contributed by atoms with van der Waals surface area (Å²) >= 11 is 0. The van der Waals surface area contributed by atoms with Crippen molar-refractivity contribution in [3.8, 4) is 11.7 Å². The van der Waals surface area contributed by atoms with Crippen LogP contribution in [0.1, 0.15) is 21.6 Å². The van der Waals surface area contributed by atoms with Crippen LogP contribution in [0.5, 0.6) is 5.88 Å². The largest absolute Gasteiger partial charge is 0.494 e. The Morgan fingerprint density at radius 3 is 2.43 bits per heavy atom. The zero-order valence-electron chi connectivity index (χ0n) is 16.0. The average molecular weight is 399 g/mol. The summed E-state index contributed by atoms with van der Waals surface area (Å²) in [6.07, 6.45) is 1.37. The summed E-state index contributed by atoms with van der Waals surface area (Å²) in [7, 11) is 0. The van der Waals surface area contributed by atoms with Gasteiger partial charge in [-0.1, -0.05) is 36.4 Å². The number of aryl methyl sites for hydroxylation is 1. The lowest BCUT2D eigenvalue weighted by Crippen LogP contribution is -2.21. The molecule has 2 heterocycles. The second kappa shape index (κ2) is 7.63. The van der Waals surface area contributed by atoms with Crippen molar-refractivity contribution < 1.29 is 15.0 Å². The third kappa shape index (κ3) is 3.33. The van der Waals surface area contributed by atoms with E-state index in [2.05, 4.69) is 9.98 Å². The summed E-state index contributed by atoms with van der Waals surface area (Å²) in [5.74, 6) is -1.15. The Morgan fingerprint density at radius 1 is 1.00 bits per heavy atom. The number of nitrogens with zero attached hydrogens (tertiary/aromatic N) is 3. The van der Waals surface area contributed by atoms with Gasteiger partial charge >= 0.3 is 5.97 Å². The van der Waals surface area contributed by atoms with Gasteiger partial charge in [0.15, 0.2) is 0 Å². The van der Waals surface area contributed by atoms with Gasteiger partial charge in [-0.3, -0.25) is 9.79 Å². The van der Waals surface area contributed by atoms with E-state index in [1.807, 2.05) is 0 Å². The Bertz CT molecular complexity index is 1370. The van der Waals surface area contributed by atoms with E-state index in [4.69, 9.17) is 0 Å². The third-order valence-corrected chi connectivity index (χ3v) is 4.67. The van der Waals surface area contributed by atoms with Crippen molar-refractivity contribution in [3.63, 3.8) is 0 Å². The van der Waals surface area contributed by atoms with Crippen LogP contribution < -0.4 is 5.56 Å². The van der Waals surface area contributed by atoms with E-state index in [1.165, 1.54) is 12.3 Å². The van der Waals surface area contributed by atoms with Crippen molar-refractivity contribution in [2.24, 2.45) is 4.99 Å². The Labute approximate surface area is 171 Å². The Kier molecular flexibility index (Phi) is 4.85. The molecule has 0 aliphatic rings. The number of aromatic nitrogens is 2. The van der Waals surface area contributed by atoms with Gasteiger partial charge in [0.05, 0.1) is 16.8 Å². The van der Waals surface area contributed by atoms with Crippen molar-refractivity contribution in [1.29, 1.82) is 0 Å². The Balaban J connectivity index is 1.99. The predicted octanol–water partition coefficient (Wildman–Crippen LogP) is 3.85. The van der Waals surface area contributed by atoms with Gasteiger partial charge in [-0.15, -0.1) is 0 Å². The molecule has 7 nitrogen and oxygen atoms in total. The van der Waals surface area contributed by atoms with E-state index in [0.717, 1.165) is 4.57 Å². The van der Waals surface area contributed by atoms with Crippen molar-refractivity contribution in [2.75, 3.05) is 0 Å². The lowest BCUT2D eigenvalue weighted by Gasteiger charge is -2.13. The van der Waals surface area contributed by atoms with Gasteiger partial charge in [0.2, 0.25) is 5.88 Å². The summed E-state index contributed by atoms with van der Waals surface area (Å²) in [6.45, 7) is 1.79. The highest BCUT2D eigenvalue weighted by molar-refractivity contribution is 6.03. The van der Waals surface area contributed by atoms with Crippen LogP contribution in [0, 0.1) is 6.92 Å². The molecule has 4 aromatic rings. The summed E-state index contributed by atoms with van der Waals surface area (Å²) in [5, 5.41) is 21.2. The lowest BCUT2D eigenvalue weighted by molar-refractivity contribution is 0.0698. The van der Waals surface area contributed by atoms with E-state index in [1.54, 1.807) is 67.6 Å². The standard InChI is InChI=1S/C23H17N3O4/c1-14-7-6-12-20(25-14)26-21(27)16-9-3-2-8-15(16)18(22(26)28)13-24-19-11-5-4-10-17(19)23(29)30/h2-13,28H,1H3,(H,29,30). The van der Waals surface area contributed by atoms with Gasteiger partial charge in [-0.2, -0.15) is 0 Å². The van der Waals surface area contributed by atoms with Gasteiger partial charge < -0.3 is 10.2 Å². The topological polar surface area (TPSA) is 105 Å². The molecule has 30 heavy (non-hydrogen) atoms. The normalized spacial score (nSPS) is 11.2. The Morgan fingerprint density at radius 2 is 1.70 bits per heavy atom.